The fraction of sp³-hybridized carbons (Fsp3) is 0.111. The molecule has 0 amide bonds. The Bertz CT molecular complexity index is 1030. The third kappa shape index (κ3) is 2.08. The van der Waals surface area contributed by atoms with Gasteiger partial charge >= 0.3 is 0 Å². The van der Waals surface area contributed by atoms with Gasteiger partial charge in [0.1, 0.15) is 5.82 Å². The van der Waals surface area contributed by atoms with Crippen LogP contribution in [0.4, 0.5) is 8.78 Å². The molecule has 2 heterocycles. The average Bonchev–Trinajstić information content (AvgIpc) is 2.92. The molecule has 0 unspecified atom stereocenters. The van der Waals surface area contributed by atoms with Crippen molar-refractivity contribution < 1.29 is 8.78 Å². The standard InChI is InChI=1S/C18H13F2N3/c1-2-23-17-8-15(20)14(19)7-16(17)22-18(23)13-10-21-9-11-5-3-4-6-12(11)13/h3-10H,2H2,1H3. The average molecular weight is 309 g/mol. The predicted molar refractivity (Wildman–Crippen MR) is 86.1 cm³/mol. The zero-order chi connectivity index (χ0) is 16.0. The van der Waals surface area contributed by atoms with Gasteiger partial charge in [-0.1, -0.05) is 24.3 Å². The molecule has 0 saturated heterocycles. The number of benzene rings is 2. The molecule has 0 fully saturated rings. The van der Waals surface area contributed by atoms with Crippen molar-refractivity contribution in [2.45, 2.75) is 13.5 Å². The highest BCUT2D eigenvalue weighted by molar-refractivity contribution is 5.96. The first-order valence-corrected chi connectivity index (χ1v) is 7.37. The molecule has 5 heteroatoms. The lowest BCUT2D eigenvalue weighted by atomic mass is 10.1. The first-order valence-electron chi connectivity index (χ1n) is 7.37. The van der Waals surface area contributed by atoms with Crippen molar-refractivity contribution in [1.82, 2.24) is 14.5 Å². The van der Waals surface area contributed by atoms with Gasteiger partial charge in [0.05, 0.1) is 11.0 Å². The van der Waals surface area contributed by atoms with E-state index in [9.17, 15) is 8.78 Å². The van der Waals surface area contributed by atoms with Crippen LogP contribution in [0.3, 0.4) is 0 Å². The number of nitrogens with zero attached hydrogens (tertiary/aromatic N) is 3. The summed E-state index contributed by atoms with van der Waals surface area (Å²) in [5.41, 5.74) is 1.87. The van der Waals surface area contributed by atoms with Gasteiger partial charge in [0.2, 0.25) is 0 Å². The molecule has 0 aliphatic carbocycles. The van der Waals surface area contributed by atoms with Crippen LogP contribution in [-0.4, -0.2) is 14.5 Å². The molecule has 2 aromatic carbocycles. The van der Waals surface area contributed by atoms with Gasteiger partial charge in [-0.2, -0.15) is 0 Å². The van der Waals surface area contributed by atoms with E-state index in [4.69, 9.17) is 0 Å². The van der Waals surface area contributed by atoms with E-state index in [2.05, 4.69) is 9.97 Å². The highest BCUT2D eigenvalue weighted by Gasteiger charge is 2.16. The molecule has 4 aromatic rings. The molecule has 0 spiro atoms. The van der Waals surface area contributed by atoms with Crippen molar-refractivity contribution in [3.63, 3.8) is 0 Å². The second-order valence-electron chi connectivity index (χ2n) is 5.34. The van der Waals surface area contributed by atoms with E-state index in [1.165, 1.54) is 6.07 Å². The number of pyridine rings is 1. The Morgan fingerprint density at radius 2 is 1.83 bits per heavy atom. The molecule has 2 aromatic heterocycles. The minimum atomic E-state index is -0.888. The summed E-state index contributed by atoms with van der Waals surface area (Å²) in [5.74, 6) is -1.09. The molecule has 0 aliphatic rings. The van der Waals surface area contributed by atoms with Crippen LogP contribution in [0.5, 0.6) is 0 Å². The molecule has 0 saturated carbocycles. The normalized spacial score (nSPS) is 11.4. The first-order chi connectivity index (χ1) is 11.2. The number of fused-ring (bicyclic) bond motifs is 2. The van der Waals surface area contributed by atoms with Crippen molar-refractivity contribution in [1.29, 1.82) is 0 Å². The molecular formula is C18H13F2N3. The highest BCUT2D eigenvalue weighted by Crippen LogP contribution is 2.30. The van der Waals surface area contributed by atoms with Gasteiger partial charge in [0.15, 0.2) is 11.6 Å². The molecule has 0 aliphatic heterocycles. The molecule has 4 rings (SSSR count). The Morgan fingerprint density at radius 1 is 1.04 bits per heavy atom. The maximum Gasteiger partial charge on any atom is 0.161 e. The van der Waals surface area contributed by atoms with Crippen LogP contribution in [0.25, 0.3) is 33.2 Å². The van der Waals surface area contributed by atoms with E-state index in [0.717, 1.165) is 22.4 Å². The summed E-state index contributed by atoms with van der Waals surface area (Å²) in [7, 11) is 0. The summed E-state index contributed by atoms with van der Waals surface area (Å²) in [6, 6.07) is 10.2. The maximum absolute atomic E-state index is 13.6. The lowest BCUT2D eigenvalue weighted by molar-refractivity contribution is 0.510. The number of aromatic nitrogens is 3. The summed E-state index contributed by atoms with van der Waals surface area (Å²) in [4.78, 5) is 8.79. The van der Waals surface area contributed by atoms with Crippen LogP contribution >= 0.6 is 0 Å². The van der Waals surface area contributed by atoms with Gasteiger partial charge in [0, 0.05) is 42.0 Å². The maximum atomic E-state index is 13.6. The lowest BCUT2D eigenvalue weighted by Crippen LogP contribution is -1.99. The smallest absolute Gasteiger partial charge is 0.161 e. The topological polar surface area (TPSA) is 30.7 Å². The lowest BCUT2D eigenvalue weighted by Gasteiger charge is -2.08. The van der Waals surface area contributed by atoms with Crippen LogP contribution < -0.4 is 0 Å². The van der Waals surface area contributed by atoms with Crippen molar-refractivity contribution in [2.75, 3.05) is 0 Å². The van der Waals surface area contributed by atoms with Crippen LogP contribution in [0, 0.1) is 11.6 Å². The number of rotatable bonds is 2. The summed E-state index contributed by atoms with van der Waals surface area (Å²) in [6.07, 6.45) is 3.53. The number of halogens is 2. The molecule has 114 valence electrons. The van der Waals surface area contributed by atoms with Gasteiger partial charge in [-0.3, -0.25) is 4.98 Å². The predicted octanol–water partition coefficient (Wildman–Crippen LogP) is 4.55. The molecule has 0 bridgehead atoms. The second kappa shape index (κ2) is 5.12. The number of hydrogen-bond acceptors (Lipinski definition) is 2. The zero-order valence-corrected chi connectivity index (χ0v) is 12.4. The number of aryl methyl sites for hydroxylation is 1. The third-order valence-corrected chi connectivity index (χ3v) is 4.02. The Morgan fingerprint density at radius 3 is 2.65 bits per heavy atom. The van der Waals surface area contributed by atoms with E-state index in [0.29, 0.717) is 23.4 Å². The zero-order valence-electron chi connectivity index (χ0n) is 12.4. The summed E-state index contributed by atoms with van der Waals surface area (Å²) >= 11 is 0. The van der Waals surface area contributed by atoms with Crippen molar-refractivity contribution in [3.05, 3.63) is 60.4 Å². The molecule has 3 nitrogen and oxygen atoms in total. The third-order valence-electron chi connectivity index (χ3n) is 4.02. The second-order valence-corrected chi connectivity index (χ2v) is 5.34. The van der Waals surface area contributed by atoms with Gasteiger partial charge in [-0.25, -0.2) is 13.8 Å². The van der Waals surface area contributed by atoms with Gasteiger partial charge in [-0.05, 0) is 12.3 Å². The Labute approximate surface area is 131 Å². The SMILES string of the molecule is CCn1c(-c2cncc3ccccc23)nc2cc(F)c(F)cc21. The largest absolute Gasteiger partial charge is 0.324 e. The van der Waals surface area contributed by atoms with Gasteiger partial charge in [0.25, 0.3) is 0 Å². The van der Waals surface area contributed by atoms with E-state index in [1.54, 1.807) is 12.4 Å². The Kier molecular flexibility index (Phi) is 3.08. The number of imidazole rings is 1. The van der Waals surface area contributed by atoms with Crippen molar-refractivity contribution in [3.8, 4) is 11.4 Å². The quantitative estimate of drug-likeness (QED) is 0.544. The Hall–Kier alpha value is -2.82. The minimum Gasteiger partial charge on any atom is -0.324 e. The molecule has 0 radical (unpaired) electrons. The van der Waals surface area contributed by atoms with Crippen LogP contribution in [-0.2, 0) is 6.54 Å². The summed E-state index contributed by atoms with van der Waals surface area (Å²) in [5, 5.41) is 2.01. The van der Waals surface area contributed by atoms with Crippen molar-refractivity contribution in [2.24, 2.45) is 0 Å². The first kappa shape index (κ1) is 13.8. The van der Waals surface area contributed by atoms with Crippen LogP contribution in [0.15, 0.2) is 48.8 Å². The fourth-order valence-corrected chi connectivity index (χ4v) is 2.94. The van der Waals surface area contributed by atoms with Crippen LogP contribution in [0.1, 0.15) is 6.92 Å². The van der Waals surface area contributed by atoms with E-state index in [-0.39, 0.29) is 0 Å². The summed E-state index contributed by atoms with van der Waals surface area (Å²) in [6.45, 7) is 2.55. The molecule has 23 heavy (non-hydrogen) atoms. The Balaban J connectivity index is 2.08. The van der Waals surface area contributed by atoms with Crippen LogP contribution in [0.2, 0.25) is 0 Å². The monoisotopic (exact) mass is 309 g/mol. The molecule has 0 atom stereocenters. The van der Waals surface area contributed by atoms with E-state index >= 15 is 0 Å². The molecule has 0 N–H and O–H groups in total. The number of hydrogen-bond donors (Lipinski definition) is 0. The highest BCUT2D eigenvalue weighted by atomic mass is 19.2. The van der Waals surface area contributed by atoms with E-state index in [1.807, 2.05) is 35.8 Å². The van der Waals surface area contributed by atoms with Crippen molar-refractivity contribution >= 4 is 21.8 Å². The fourth-order valence-electron chi connectivity index (χ4n) is 2.94. The van der Waals surface area contributed by atoms with E-state index < -0.39 is 11.6 Å². The minimum absolute atomic E-state index is 0.439. The van der Waals surface area contributed by atoms with Gasteiger partial charge in [-0.15, -0.1) is 0 Å². The van der Waals surface area contributed by atoms with Gasteiger partial charge < -0.3 is 4.57 Å². The summed E-state index contributed by atoms with van der Waals surface area (Å²) < 4.78 is 29.0. The molecular weight excluding hydrogens is 296 g/mol.